The van der Waals surface area contributed by atoms with Crippen molar-refractivity contribution in [3.63, 3.8) is 0 Å². The van der Waals surface area contributed by atoms with Gasteiger partial charge in [0.25, 0.3) is 0 Å². The highest BCUT2D eigenvalue weighted by atomic mass is 19.4. The van der Waals surface area contributed by atoms with Gasteiger partial charge in [0, 0.05) is 19.5 Å². The summed E-state index contributed by atoms with van der Waals surface area (Å²) in [5.41, 5.74) is 1.81. The number of amides is 3. The monoisotopic (exact) mass is 578 g/mol. The predicted octanol–water partition coefficient (Wildman–Crippen LogP) is 3.55. The Morgan fingerprint density at radius 2 is 1.76 bits per heavy atom. The predicted molar refractivity (Wildman–Crippen MR) is 139 cm³/mol. The van der Waals surface area contributed by atoms with Gasteiger partial charge >= 0.3 is 6.18 Å². The van der Waals surface area contributed by atoms with Crippen LogP contribution in [0.5, 0.6) is 0 Å². The third kappa shape index (κ3) is 7.03. The van der Waals surface area contributed by atoms with Crippen molar-refractivity contribution in [3.05, 3.63) is 71.0 Å². The minimum Gasteiger partial charge on any atom is -0.343 e. The Labute approximate surface area is 234 Å². The molecular weight excluding hydrogens is 547 g/mol. The summed E-state index contributed by atoms with van der Waals surface area (Å²) in [5.74, 6) is -2.10. The Hall–Kier alpha value is -3.54. The van der Waals surface area contributed by atoms with E-state index in [4.69, 9.17) is 0 Å². The number of nitrogens with zero attached hydrogens (tertiary/aromatic N) is 3. The summed E-state index contributed by atoms with van der Waals surface area (Å²) in [7, 11) is 0. The van der Waals surface area contributed by atoms with Crippen LogP contribution in [0, 0.1) is 5.82 Å². The number of hydrogen-bond acceptors (Lipinski definition) is 4. The topological polar surface area (TPSA) is 73.0 Å². The standard InChI is InChI=1S/C29H31F5N4O3/c30-21-13-24(38(14-21)26(40)16-37-11-10-36(15-25(37)39)17-29(32,33)34)28(41)35-27(19-4-2-1-3-5-19)20-8-9-22(18-6-7-18)23(31)12-20/h1-5,8-9,12,18,21,24,27H,6-7,10-11,13-17H2,(H,35,41). The molecule has 2 aromatic rings. The number of benzene rings is 2. The number of carbonyl (C=O) groups excluding carboxylic acids is 3. The zero-order valence-electron chi connectivity index (χ0n) is 22.2. The van der Waals surface area contributed by atoms with E-state index in [1.54, 1.807) is 42.5 Å². The molecule has 220 valence electrons. The average molecular weight is 579 g/mol. The first-order valence-electron chi connectivity index (χ1n) is 13.6. The van der Waals surface area contributed by atoms with E-state index in [0.29, 0.717) is 16.7 Å². The fraction of sp³-hybridized carbons (Fsp3) is 0.483. The van der Waals surface area contributed by atoms with Crippen LogP contribution in [0.2, 0.25) is 0 Å². The van der Waals surface area contributed by atoms with E-state index in [9.17, 15) is 36.3 Å². The molecule has 3 unspecified atom stereocenters. The number of alkyl halides is 4. The average Bonchev–Trinajstić information content (AvgIpc) is 3.68. The quantitative estimate of drug-likeness (QED) is 0.487. The molecule has 2 aromatic carbocycles. The van der Waals surface area contributed by atoms with Crippen molar-refractivity contribution in [2.45, 2.75) is 49.6 Å². The number of likely N-dealkylation sites (tertiary alicyclic amines) is 1. The molecule has 2 heterocycles. The molecule has 7 nitrogen and oxygen atoms in total. The van der Waals surface area contributed by atoms with E-state index in [1.807, 2.05) is 0 Å². The minimum atomic E-state index is -4.45. The number of halogens is 5. The second-order valence-electron chi connectivity index (χ2n) is 10.9. The Kier molecular flexibility index (Phi) is 8.30. The fourth-order valence-electron chi connectivity index (χ4n) is 5.57. The molecule has 3 amide bonds. The molecule has 3 atom stereocenters. The molecule has 0 aromatic heterocycles. The maximum atomic E-state index is 14.9. The molecule has 3 aliphatic rings. The van der Waals surface area contributed by atoms with Crippen LogP contribution in [0.3, 0.4) is 0 Å². The van der Waals surface area contributed by atoms with Gasteiger partial charge in [-0.1, -0.05) is 42.5 Å². The van der Waals surface area contributed by atoms with Crippen LogP contribution in [0.4, 0.5) is 22.0 Å². The molecule has 2 aliphatic heterocycles. The first-order chi connectivity index (χ1) is 19.5. The third-order valence-electron chi connectivity index (χ3n) is 7.79. The smallest absolute Gasteiger partial charge is 0.343 e. The number of piperazine rings is 1. The maximum Gasteiger partial charge on any atom is 0.401 e. The summed E-state index contributed by atoms with van der Waals surface area (Å²) < 4.78 is 67.6. The Bertz CT molecular complexity index is 1290. The van der Waals surface area contributed by atoms with Crippen molar-refractivity contribution < 1.29 is 36.3 Å². The van der Waals surface area contributed by atoms with Crippen molar-refractivity contribution in [1.29, 1.82) is 0 Å². The normalized spacial score (nSPS) is 22.6. The highest BCUT2D eigenvalue weighted by molar-refractivity contribution is 5.91. The first kappa shape index (κ1) is 29.0. The van der Waals surface area contributed by atoms with E-state index in [-0.39, 0.29) is 37.8 Å². The van der Waals surface area contributed by atoms with Crippen LogP contribution in [0.25, 0.3) is 0 Å². The highest BCUT2D eigenvalue weighted by Gasteiger charge is 2.42. The summed E-state index contributed by atoms with van der Waals surface area (Å²) in [6.45, 7) is -2.69. The van der Waals surface area contributed by atoms with Crippen molar-refractivity contribution >= 4 is 17.7 Å². The molecule has 3 fully saturated rings. The first-order valence-corrected chi connectivity index (χ1v) is 13.6. The van der Waals surface area contributed by atoms with Crippen LogP contribution in [0.15, 0.2) is 48.5 Å². The molecule has 0 spiro atoms. The van der Waals surface area contributed by atoms with Gasteiger partial charge in [-0.05, 0) is 41.5 Å². The van der Waals surface area contributed by atoms with E-state index >= 15 is 0 Å². The van der Waals surface area contributed by atoms with Crippen LogP contribution in [0.1, 0.15) is 47.9 Å². The molecule has 41 heavy (non-hydrogen) atoms. The molecule has 12 heteroatoms. The summed E-state index contributed by atoms with van der Waals surface area (Å²) in [4.78, 5) is 42.3. The van der Waals surface area contributed by atoms with Gasteiger partial charge in [-0.15, -0.1) is 0 Å². The fourth-order valence-corrected chi connectivity index (χ4v) is 5.57. The maximum absolute atomic E-state index is 14.9. The SMILES string of the molecule is O=C(NC(c1ccccc1)c1ccc(C2CC2)c(F)c1)C1CC(F)CN1C(=O)CN1CCN(CC(F)(F)F)CC1=O. The Morgan fingerprint density at radius 1 is 1.02 bits per heavy atom. The zero-order valence-corrected chi connectivity index (χ0v) is 22.2. The molecule has 1 N–H and O–H groups in total. The summed E-state index contributed by atoms with van der Waals surface area (Å²) in [5, 5.41) is 2.87. The van der Waals surface area contributed by atoms with Crippen molar-refractivity contribution in [1.82, 2.24) is 20.0 Å². The van der Waals surface area contributed by atoms with Gasteiger partial charge in [-0.3, -0.25) is 19.3 Å². The van der Waals surface area contributed by atoms with Gasteiger partial charge < -0.3 is 15.1 Å². The lowest BCUT2D eigenvalue weighted by Gasteiger charge is -2.35. The Balaban J connectivity index is 1.28. The number of carbonyl (C=O) groups is 3. The van der Waals surface area contributed by atoms with Gasteiger partial charge in [0.05, 0.1) is 32.2 Å². The van der Waals surface area contributed by atoms with Crippen molar-refractivity contribution in [2.24, 2.45) is 0 Å². The van der Waals surface area contributed by atoms with Gasteiger partial charge in [-0.2, -0.15) is 13.2 Å². The van der Waals surface area contributed by atoms with Gasteiger partial charge in [0.1, 0.15) is 18.0 Å². The van der Waals surface area contributed by atoms with Crippen molar-refractivity contribution in [2.75, 3.05) is 39.3 Å². The molecule has 2 saturated heterocycles. The number of nitrogens with one attached hydrogen (secondary N) is 1. The summed E-state index contributed by atoms with van der Waals surface area (Å²) in [6, 6.07) is 11.9. The lowest BCUT2D eigenvalue weighted by Crippen LogP contribution is -2.56. The van der Waals surface area contributed by atoms with E-state index < -0.39 is 61.8 Å². The molecule has 1 saturated carbocycles. The minimum absolute atomic E-state index is 0.0664. The van der Waals surface area contributed by atoms with Crippen LogP contribution in [-0.2, 0) is 14.4 Å². The third-order valence-corrected chi connectivity index (χ3v) is 7.79. The van der Waals surface area contributed by atoms with Gasteiger partial charge in [-0.25, -0.2) is 8.78 Å². The molecule has 1 aliphatic carbocycles. The van der Waals surface area contributed by atoms with E-state index in [1.165, 1.54) is 6.07 Å². The largest absolute Gasteiger partial charge is 0.401 e. The highest BCUT2D eigenvalue weighted by Crippen LogP contribution is 2.42. The van der Waals surface area contributed by atoms with Gasteiger partial charge in [0.2, 0.25) is 17.7 Å². The molecular formula is C29H31F5N4O3. The summed E-state index contributed by atoms with van der Waals surface area (Å²) >= 11 is 0. The van der Waals surface area contributed by atoms with Crippen LogP contribution < -0.4 is 5.32 Å². The lowest BCUT2D eigenvalue weighted by atomic mass is 9.96. The van der Waals surface area contributed by atoms with Gasteiger partial charge in [0.15, 0.2) is 0 Å². The van der Waals surface area contributed by atoms with E-state index in [2.05, 4.69) is 5.32 Å². The molecule has 0 radical (unpaired) electrons. The number of rotatable bonds is 8. The second-order valence-corrected chi connectivity index (χ2v) is 10.9. The van der Waals surface area contributed by atoms with E-state index in [0.717, 1.165) is 27.5 Å². The van der Waals surface area contributed by atoms with Crippen LogP contribution >= 0.6 is 0 Å². The second kappa shape index (κ2) is 11.8. The summed E-state index contributed by atoms with van der Waals surface area (Å²) in [6.07, 6.45) is -4.31. The molecule has 5 rings (SSSR count). The molecule has 0 bridgehead atoms. The zero-order chi connectivity index (χ0) is 29.3. The number of hydrogen-bond donors (Lipinski definition) is 1. The van der Waals surface area contributed by atoms with Crippen LogP contribution in [-0.4, -0.2) is 90.1 Å². The lowest BCUT2D eigenvalue weighted by molar-refractivity contribution is -0.159. The Morgan fingerprint density at radius 3 is 2.39 bits per heavy atom. The van der Waals surface area contributed by atoms with Crippen molar-refractivity contribution in [3.8, 4) is 0 Å².